The normalized spacial score (nSPS) is 14.2. The van der Waals surface area contributed by atoms with Crippen molar-refractivity contribution in [2.75, 3.05) is 27.3 Å². The molecular weight excluding hydrogens is 376 g/mol. The van der Waals surface area contributed by atoms with Crippen LogP contribution < -0.4 is 5.32 Å². The van der Waals surface area contributed by atoms with Crippen LogP contribution in [0.15, 0.2) is 0 Å². The van der Waals surface area contributed by atoms with Gasteiger partial charge >= 0.3 is 11.5 Å². The summed E-state index contributed by atoms with van der Waals surface area (Å²) in [6, 6.07) is 0.425. The van der Waals surface area contributed by atoms with Gasteiger partial charge in [0, 0.05) is 30.7 Å². The highest BCUT2D eigenvalue weighted by Gasteiger charge is 2.17. The van der Waals surface area contributed by atoms with E-state index in [0.29, 0.717) is 25.7 Å². The van der Waals surface area contributed by atoms with Crippen molar-refractivity contribution >= 4 is 23.1 Å². The number of ether oxygens (including phenoxy) is 2. The number of carbonyl (C=O) groups is 2. The van der Waals surface area contributed by atoms with Crippen molar-refractivity contribution in [3.05, 3.63) is 0 Å². The van der Waals surface area contributed by atoms with Crippen LogP contribution in [-0.2, 0) is 9.47 Å². The van der Waals surface area contributed by atoms with Gasteiger partial charge in [0.1, 0.15) is 0 Å². The van der Waals surface area contributed by atoms with Crippen molar-refractivity contribution < 1.29 is 29.3 Å². The Morgan fingerprint density at radius 2 is 1.44 bits per heavy atom. The largest absolute Gasteiger partial charge is 0.454 e. The lowest BCUT2D eigenvalue weighted by atomic mass is 10.1. The van der Waals surface area contributed by atoms with Crippen LogP contribution >= 0.6 is 11.6 Å². The predicted molar refractivity (Wildman–Crippen MR) is 108 cm³/mol. The van der Waals surface area contributed by atoms with E-state index in [1.165, 1.54) is 4.90 Å². The van der Waals surface area contributed by atoms with E-state index < -0.39 is 11.5 Å². The van der Waals surface area contributed by atoms with E-state index in [1.807, 2.05) is 20.9 Å². The van der Waals surface area contributed by atoms with Gasteiger partial charge in [0.05, 0.1) is 25.4 Å². The zero-order chi connectivity index (χ0) is 22.0. The molecule has 0 aromatic carbocycles. The Hall–Kier alpha value is -1.09. The van der Waals surface area contributed by atoms with Crippen LogP contribution in [0, 0.1) is 0 Å². The lowest BCUT2D eigenvalue weighted by molar-refractivity contribution is 0.0885. The fraction of sp³-hybridized carbons (Fsp3) is 0.889. The van der Waals surface area contributed by atoms with Gasteiger partial charge in [-0.3, -0.25) is 0 Å². The third-order valence-corrected chi connectivity index (χ3v) is 3.45. The number of aliphatic hydroxyl groups excluding tert-OH is 2. The van der Waals surface area contributed by atoms with Gasteiger partial charge in [-0.2, -0.15) is 0 Å². The second kappa shape index (κ2) is 19.7. The minimum absolute atomic E-state index is 0.000880. The van der Waals surface area contributed by atoms with Crippen LogP contribution in [0.25, 0.3) is 0 Å². The molecule has 0 spiro atoms. The second-order valence-corrected chi connectivity index (χ2v) is 6.50. The molecule has 0 rings (SSSR count). The van der Waals surface area contributed by atoms with Crippen molar-refractivity contribution in [2.24, 2.45) is 0 Å². The first-order chi connectivity index (χ1) is 12.4. The van der Waals surface area contributed by atoms with Gasteiger partial charge in [-0.05, 0) is 61.4 Å². The fourth-order valence-electron chi connectivity index (χ4n) is 1.80. The Bertz CT molecular complexity index is 370. The molecule has 3 N–H and O–H groups in total. The Balaban J connectivity index is -0.000000351. The summed E-state index contributed by atoms with van der Waals surface area (Å²) in [5.41, 5.74) is -0.738. The first-order valence-corrected chi connectivity index (χ1v) is 9.55. The van der Waals surface area contributed by atoms with Gasteiger partial charge < -0.3 is 29.9 Å². The van der Waals surface area contributed by atoms with Crippen molar-refractivity contribution in [1.82, 2.24) is 10.2 Å². The zero-order valence-electron chi connectivity index (χ0n) is 18.0. The van der Waals surface area contributed by atoms with Gasteiger partial charge in [0.2, 0.25) is 0 Å². The quantitative estimate of drug-likeness (QED) is 0.524. The van der Waals surface area contributed by atoms with Gasteiger partial charge in [0.15, 0.2) is 0 Å². The van der Waals surface area contributed by atoms with Crippen LogP contribution in [0.3, 0.4) is 0 Å². The monoisotopic (exact) mass is 414 g/mol. The summed E-state index contributed by atoms with van der Waals surface area (Å²) in [4.78, 5) is 22.3. The molecule has 4 atom stereocenters. The molecule has 0 aromatic heterocycles. The molecular formula is C18H39ClN2O6. The molecule has 164 valence electrons. The van der Waals surface area contributed by atoms with E-state index in [-0.39, 0.29) is 18.2 Å². The standard InChI is InChI=1S/C9H19NO3.C6H15NO.C3H5ClO2/c1-5-13-9(12)10(4)7(2)6-8(3)11;1-5(7-3)4-6(2)8;1-2-6-3(4)5/h7-8,11H,5-6H2,1-4H3;5-8H,4H2,1-3H3;2H2,1H3. The van der Waals surface area contributed by atoms with Crippen molar-refractivity contribution in [3.8, 4) is 0 Å². The molecule has 0 bridgehead atoms. The van der Waals surface area contributed by atoms with Gasteiger partial charge in [-0.15, -0.1) is 0 Å². The molecule has 0 saturated heterocycles. The number of amides is 1. The van der Waals surface area contributed by atoms with Crippen molar-refractivity contribution in [2.45, 2.75) is 78.7 Å². The maximum Gasteiger partial charge on any atom is 0.409 e. The second-order valence-electron chi connectivity index (χ2n) is 6.19. The molecule has 9 heteroatoms. The zero-order valence-corrected chi connectivity index (χ0v) is 18.7. The summed E-state index contributed by atoms with van der Waals surface area (Å²) in [6.07, 6.45) is 0.478. The number of nitrogens with zero attached hydrogens (tertiary/aromatic N) is 1. The maximum atomic E-state index is 11.2. The highest BCUT2D eigenvalue weighted by atomic mass is 35.5. The number of carbonyl (C=O) groups excluding carboxylic acids is 2. The number of hydrogen-bond donors (Lipinski definition) is 3. The minimum atomic E-state index is -0.738. The number of hydrogen-bond acceptors (Lipinski definition) is 7. The maximum absolute atomic E-state index is 11.2. The van der Waals surface area contributed by atoms with Gasteiger partial charge in [-0.25, -0.2) is 9.59 Å². The summed E-state index contributed by atoms with van der Waals surface area (Å²) in [7, 11) is 3.57. The average Bonchev–Trinajstić information content (AvgIpc) is 2.54. The number of nitrogens with one attached hydrogen (secondary N) is 1. The highest BCUT2D eigenvalue weighted by molar-refractivity contribution is 6.61. The van der Waals surface area contributed by atoms with Crippen LogP contribution in [0.2, 0.25) is 0 Å². The summed E-state index contributed by atoms with van der Waals surface area (Å²) in [5, 5.41) is 21.0. The summed E-state index contributed by atoms with van der Waals surface area (Å²) in [6.45, 7) is 11.6. The van der Waals surface area contributed by atoms with E-state index in [4.69, 9.17) is 26.6 Å². The molecule has 0 heterocycles. The van der Waals surface area contributed by atoms with E-state index in [0.717, 1.165) is 6.42 Å². The van der Waals surface area contributed by atoms with Gasteiger partial charge in [-0.1, -0.05) is 0 Å². The molecule has 0 aliphatic carbocycles. The smallest absolute Gasteiger partial charge is 0.409 e. The van der Waals surface area contributed by atoms with Crippen LogP contribution in [0.1, 0.15) is 54.4 Å². The number of aliphatic hydroxyl groups is 2. The lowest BCUT2D eigenvalue weighted by Gasteiger charge is -2.24. The predicted octanol–water partition coefficient (Wildman–Crippen LogP) is 2.98. The molecule has 1 amide bonds. The molecule has 0 radical (unpaired) electrons. The first kappa shape index (κ1) is 30.6. The topological polar surface area (TPSA) is 108 Å². The van der Waals surface area contributed by atoms with E-state index in [9.17, 15) is 9.59 Å². The number of halogens is 1. The lowest BCUT2D eigenvalue weighted by Crippen LogP contribution is -2.37. The van der Waals surface area contributed by atoms with Crippen LogP contribution in [0.5, 0.6) is 0 Å². The third-order valence-electron chi connectivity index (χ3n) is 3.34. The molecule has 0 aliphatic rings. The minimum Gasteiger partial charge on any atom is -0.454 e. The third kappa shape index (κ3) is 24.9. The first-order valence-electron chi connectivity index (χ1n) is 9.17. The summed E-state index contributed by atoms with van der Waals surface area (Å²) in [5.74, 6) is 0. The molecule has 4 unspecified atom stereocenters. The molecule has 0 fully saturated rings. The summed E-state index contributed by atoms with van der Waals surface area (Å²) < 4.78 is 8.98. The molecule has 0 aliphatic heterocycles. The Kier molecular flexibility index (Phi) is 22.3. The van der Waals surface area contributed by atoms with E-state index in [1.54, 1.807) is 34.7 Å². The molecule has 0 saturated carbocycles. The number of rotatable bonds is 8. The Morgan fingerprint density at radius 1 is 1.00 bits per heavy atom. The SMILES string of the molecule is CCOC(=O)Cl.CCOC(=O)N(C)C(C)CC(C)O.CNC(C)CC(C)O. The Morgan fingerprint density at radius 3 is 1.67 bits per heavy atom. The fourth-order valence-corrected chi connectivity index (χ4v) is 1.91. The van der Waals surface area contributed by atoms with Crippen molar-refractivity contribution in [1.29, 1.82) is 0 Å². The molecule has 0 aromatic rings. The summed E-state index contributed by atoms with van der Waals surface area (Å²) >= 11 is 4.72. The van der Waals surface area contributed by atoms with Gasteiger partial charge in [0.25, 0.3) is 0 Å². The average molecular weight is 415 g/mol. The van der Waals surface area contributed by atoms with Crippen LogP contribution in [-0.4, -0.2) is 78.2 Å². The van der Waals surface area contributed by atoms with E-state index >= 15 is 0 Å². The molecule has 27 heavy (non-hydrogen) atoms. The molecule has 8 nitrogen and oxygen atoms in total. The van der Waals surface area contributed by atoms with E-state index in [2.05, 4.69) is 10.1 Å². The Labute approximate surface area is 169 Å². The van der Waals surface area contributed by atoms with Crippen LogP contribution in [0.4, 0.5) is 9.59 Å². The van der Waals surface area contributed by atoms with Crippen molar-refractivity contribution in [3.63, 3.8) is 0 Å². The highest BCUT2D eigenvalue weighted by Crippen LogP contribution is 2.06.